The molecule has 2 rings (SSSR count). The quantitative estimate of drug-likeness (QED) is 0.845. The van der Waals surface area contributed by atoms with Gasteiger partial charge in [-0.25, -0.2) is 4.79 Å². The van der Waals surface area contributed by atoms with Crippen LogP contribution in [0, 0.1) is 16.5 Å². The van der Waals surface area contributed by atoms with E-state index in [2.05, 4.69) is 0 Å². The number of carbonyl (C=O) groups is 1. The fourth-order valence-electron chi connectivity index (χ4n) is 2.69. The Morgan fingerprint density at radius 2 is 2.16 bits per heavy atom. The highest BCUT2D eigenvalue weighted by molar-refractivity contribution is 5.68. The first-order chi connectivity index (χ1) is 11.7. The summed E-state index contributed by atoms with van der Waals surface area (Å²) in [6.07, 6.45) is 0.955. The van der Waals surface area contributed by atoms with Gasteiger partial charge in [0.1, 0.15) is 11.7 Å². The minimum Gasteiger partial charge on any atom is -0.629 e. The molecule has 1 unspecified atom stereocenters. The van der Waals surface area contributed by atoms with Crippen LogP contribution in [0.2, 0.25) is 0 Å². The summed E-state index contributed by atoms with van der Waals surface area (Å²) >= 11 is 0. The van der Waals surface area contributed by atoms with Crippen molar-refractivity contribution >= 4 is 11.8 Å². The summed E-state index contributed by atoms with van der Waals surface area (Å²) in [5.74, 6) is 0.391. The van der Waals surface area contributed by atoms with E-state index in [4.69, 9.17) is 14.7 Å². The van der Waals surface area contributed by atoms with Crippen molar-refractivity contribution in [2.75, 3.05) is 20.1 Å². The first-order valence-corrected chi connectivity index (χ1v) is 8.39. The zero-order chi connectivity index (χ0) is 18.6. The summed E-state index contributed by atoms with van der Waals surface area (Å²) in [4.78, 5) is 13.9. The molecule has 0 radical (unpaired) electrons. The SMILES string of the molecule is C[NH+]([O-])c1ccc(C#N)cc1O[C@H]1CCCN(C(=O)OC(C)(C)C)C1. The molecule has 1 aliphatic rings. The van der Waals surface area contributed by atoms with Gasteiger partial charge in [-0.2, -0.15) is 5.26 Å². The predicted octanol–water partition coefficient (Wildman–Crippen LogP) is 1.98. The van der Waals surface area contributed by atoms with Crippen molar-refractivity contribution in [3.05, 3.63) is 29.0 Å². The number of benzene rings is 1. The van der Waals surface area contributed by atoms with Crippen LogP contribution in [0.15, 0.2) is 18.2 Å². The molecule has 1 saturated heterocycles. The summed E-state index contributed by atoms with van der Waals surface area (Å²) < 4.78 is 11.4. The molecule has 0 aliphatic carbocycles. The summed E-state index contributed by atoms with van der Waals surface area (Å²) in [5, 5.41) is 20.7. The molecule has 1 amide bonds. The third-order valence-corrected chi connectivity index (χ3v) is 3.81. The monoisotopic (exact) mass is 347 g/mol. The second-order valence-electron chi connectivity index (χ2n) is 7.19. The molecule has 0 bridgehead atoms. The van der Waals surface area contributed by atoms with Gasteiger partial charge in [-0.15, -0.1) is 0 Å². The van der Waals surface area contributed by atoms with E-state index in [0.29, 0.717) is 30.1 Å². The van der Waals surface area contributed by atoms with Gasteiger partial charge in [0, 0.05) is 18.7 Å². The molecule has 25 heavy (non-hydrogen) atoms. The third kappa shape index (κ3) is 5.34. The largest absolute Gasteiger partial charge is 0.629 e. The van der Waals surface area contributed by atoms with Crippen LogP contribution in [-0.2, 0) is 4.74 Å². The number of piperidine rings is 1. The Kier molecular flexibility index (Phi) is 5.88. The molecule has 1 N–H and O–H groups in total. The van der Waals surface area contributed by atoms with Gasteiger partial charge in [0.2, 0.25) is 0 Å². The average molecular weight is 347 g/mol. The lowest BCUT2D eigenvalue weighted by atomic mass is 10.1. The number of ether oxygens (including phenoxy) is 2. The Hall–Kier alpha value is -2.30. The fraction of sp³-hybridized carbons (Fsp3) is 0.556. The maximum atomic E-state index is 12.2. The average Bonchev–Trinajstić information content (AvgIpc) is 2.53. The van der Waals surface area contributed by atoms with Crippen LogP contribution in [0.3, 0.4) is 0 Å². The van der Waals surface area contributed by atoms with Crippen molar-refractivity contribution < 1.29 is 19.3 Å². The van der Waals surface area contributed by atoms with Crippen LogP contribution in [-0.4, -0.2) is 42.8 Å². The van der Waals surface area contributed by atoms with Crippen LogP contribution in [0.4, 0.5) is 10.5 Å². The van der Waals surface area contributed by atoms with Gasteiger partial charge in [-0.05, 0) is 39.7 Å². The van der Waals surface area contributed by atoms with E-state index in [1.54, 1.807) is 23.1 Å². The second-order valence-corrected chi connectivity index (χ2v) is 7.19. The number of rotatable bonds is 3. The number of quaternary nitrogens is 1. The molecule has 7 heteroatoms. The molecule has 1 aromatic rings. The van der Waals surface area contributed by atoms with Crippen LogP contribution in [0.1, 0.15) is 39.2 Å². The second kappa shape index (κ2) is 7.72. The molecule has 0 spiro atoms. The standard InChI is InChI=1S/C18H25N3O4/c1-18(2,3)25-17(22)21-9-5-6-14(12-21)24-16-10-13(11-19)7-8-15(16)20(4)23/h7-8,10,14,20H,5-6,9,12H2,1-4H3/t14-/m0/s1. The summed E-state index contributed by atoms with van der Waals surface area (Å²) in [6, 6.07) is 6.82. The van der Waals surface area contributed by atoms with Crippen molar-refractivity contribution in [1.82, 2.24) is 4.90 Å². The molecule has 0 aromatic heterocycles. The zero-order valence-electron chi connectivity index (χ0n) is 15.2. The van der Waals surface area contributed by atoms with Gasteiger partial charge in [0.25, 0.3) is 0 Å². The summed E-state index contributed by atoms with van der Waals surface area (Å²) in [6.45, 7) is 6.50. The Balaban J connectivity index is 2.10. The zero-order valence-corrected chi connectivity index (χ0v) is 15.2. The predicted molar refractivity (Wildman–Crippen MR) is 92.5 cm³/mol. The molecular formula is C18H25N3O4. The maximum Gasteiger partial charge on any atom is 0.410 e. The smallest absolute Gasteiger partial charge is 0.410 e. The summed E-state index contributed by atoms with van der Waals surface area (Å²) in [5.41, 5.74) is 0.321. The van der Waals surface area contributed by atoms with Crippen molar-refractivity contribution in [3.63, 3.8) is 0 Å². The lowest BCUT2D eigenvalue weighted by Gasteiger charge is -2.34. The number of likely N-dealkylation sites (tertiary alicyclic amines) is 1. The fourth-order valence-corrected chi connectivity index (χ4v) is 2.69. The van der Waals surface area contributed by atoms with E-state index in [1.165, 1.54) is 7.05 Å². The Bertz CT molecular complexity index is 661. The van der Waals surface area contributed by atoms with Gasteiger partial charge in [-0.3, -0.25) is 0 Å². The van der Waals surface area contributed by atoms with E-state index in [9.17, 15) is 10.0 Å². The number of hydroxylamine groups is 1. The number of nitrogens with zero attached hydrogens (tertiary/aromatic N) is 2. The molecule has 2 atom stereocenters. The van der Waals surface area contributed by atoms with Crippen LogP contribution in [0.5, 0.6) is 5.75 Å². The normalized spacial score (nSPS) is 19.0. The molecular weight excluding hydrogens is 322 g/mol. The van der Waals surface area contributed by atoms with E-state index in [1.807, 2.05) is 26.8 Å². The molecule has 1 heterocycles. The first-order valence-electron chi connectivity index (χ1n) is 8.39. The minimum absolute atomic E-state index is 0.126. The van der Waals surface area contributed by atoms with Crippen molar-refractivity contribution in [2.24, 2.45) is 0 Å². The number of amides is 1. The van der Waals surface area contributed by atoms with Crippen LogP contribution < -0.4 is 9.80 Å². The topological polar surface area (TPSA) is 90.1 Å². The van der Waals surface area contributed by atoms with Gasteiger partial charge in [-0.1, -0.05) is 0 Å². The molecule has 136 valence electrons. The van der Waals surface area contributed by atoms with E-state index in [-0.39, 0.29) is 17.3 Å². The Morgan fingerprint density at radius 1 is 1.44 bits per heavy atom. The highest BCUT2D eigenvalue weighted by atomic mass is 16.6. The van der Waals surface area contributed by atoms with Crippen molar-refractivity contribution in [2.45, 2.75) is 45.3 Å². The van der Waals surface area contributed by atoms with Gasteiger partial charge < -0.3 is 24.6 Å². The maximum absolute atomic E-state index is 12.2. The van der Waals surface area contributed by atoms with Crippen molar-refractivity contribution in [3.8, 4) is 11.8 Å². The molecule has 0 saturated carbocycles. The first kappa shape index (κ1) is 19.0. The lowest BCUT2D eigenvalue weighted by Crippen LogP contribution is -2.98. The number of nitriles is 1. The molecule has 1 fully saturated rings. The number of hydrogen-bond donors (Lipinski definition) is 1. The van der Waals surface area contributed by atoms with Gasteiger partial charge in [0.15, 0.2) is 11.4 Å². The van der Waals surface area contributed by atoms with Gasteiger partial charge >= 0.3 is 6.09 Å². The highest BCUT2D eigenvalue weighted by Crippen LogP contribution is 2.26. The minimum atomic E-state index is -0.548. The van der Waals surface area contributed by atoms with E-state index < -0.39 is 5.60 Å². The van der Waals surface area contributed by atoms with Gasteiger partial charge in [0.05, 0.1) is 25.2 Å². The lowest BCUT2D eigenvalue weighted by molar-refractivity contribution is -0.751. The Morgan fingerprint density at radius 3 is 2.76 bits per heavy atom. The Labute approximate surface area is 148 Å². The molecule has 7 nitrogen and oxygen atoms in total. The van der Waals surface area contributed by atoms with E-state index in [0.717, 1.165) is 12.8 Å². The van der Waals surface area contributed by atoms with Crippen LogP contribution in [0.25, 0.3) is 0 Å². The molecule has 1 aromatic carbocycles. The highest BCUT2D eigenvalue weighted by Gasteiger charge is 2.29. The number of nitrogens with one attached hydrogen (secondary N) is 1. The third-order valence-electron chi connectivity index (χ3n) is 3.81. The number of carbonyl (C=O) groups excluding carboxylic acids is 1. The molecule has 1 aliphatic heterocycles. The van der Waals surface area contributed by atoms with E-state index >= 15 is 0 Å². The number of hydrogen-bond acceptors (Lipinski definition) is 5. The van der Waals surface area contributed by atoms with Crippen molar-refractivity contribution in [1.29, 1.82) is 5.26 Å². The van der Waals surface area contributed by atoms with Crippen LogP contribution >= 0.6 is 0 Å². The summed E-state index contributed by atoms with van der Waals surface area (Å²) in [7, 11) is 1.46.